The average molecular weight is 397 g/mol. The summed E-state index contributed by atoms with van der Waals surface area (Å²) in [6.07, 6.45) is 0. The number of para-hydroxylation sites is 2. The second-order valence-electron chi connectivity index (χ2n) is 8.90. The summed E-state index contributed by atoms with van der Waals surface area (Å²) >= 11 is 0. The molecule has 2 aromatic carbocycles. The molecule has 0 bridgehead atoms. The van der Waals surface area contributed by atoms with Crippen LogP contribution in [0.5, 0.6) is 0 Å². The van der Waals surface area contributed by atoms with E-state index in [2.05, 4.69) is 66.2 Å². The zero-order valence-corrected chi connectivity index (χ0v) is 17.3. The van der Waals surface area contributed by atoms with Gasteiger partial charge in [-0.3, -0.25) is 0 Å². The van der Waals surface area contributed by atoms with Gasteiger partial charge in [-0.1, -0.05) is 50.2 Å². The van der Waals surface area contributed by atoms with E-state index in [0.717, 1.165) is 34.2 Å². The predicted molar refractivity (Wildman–Crippen MR) is 118 cm³/mol. The Bertz CT molecular complexity index is 1350. The lowest BCUT2D eigenvalue weighted by atomic mass is 9.65. The standard InChI is InChI=1S/C25H23N3O2/c1-25(2)16-9-5-6-10-18(16)26-21-17(25)13-28-20-11-7-4-8-14(20)15-12-19(24(29)30-3)27-22(21)23(15)28/h4-12,17,21,26H,13H2,1-3H3. The van der Waals surface area contributed by atoms with Crippen molar-refractivity contribution < 1.29 is 9.53 Å². The van der Waals surface area contributed by atoms with Crippen molar-refractivity contribution in [1.29, 1.82) is 0 Å². The predicted octanol–water partition coefficient (Wildman–Crippen LogP) is 5.05. The van der Waals surface area contributed by atoms with Gasteiger partial charge in [0.25, 0.3) is 0 Å². The number of nitrogens with zero attached hydrogens (tertiary/aromatic N) is 2. The van der Waals surface area contributed by atoms with E-state index in [1.54, 1.807) is 0 Å². The van der Waals surface area contributed by atoms with Crippen molar-refractivity contribution in [3.8, 4) is 0 Å². The summed E-state index contributed by atoms with van der Waals surface area (Å²) in [6.45, 7) is 5.54. The second-order valence-corrected chi connectivity index (χ2v) is 8.90. The highest BCUT2D eigenvalue weighted by molar-refractivity contribution is 6.11. The van der Waals surface area contributed by atoms with Crippen LogP contribution >= 0.6 is 0 Å². The lowest BCUT2D eigenvalue weighted by molar-refractivity contribution is 0.0593. The quantitative estimate of drug-likeness (QED) is 0.457. The molecule has 0 saturated carbocycles. The van der Waals surface area contributed by atoms with Crippen LogP contribution in [0, 0.1) is 5.92 Å². The van der Waals surface area contributed by atoms with Crippen LogP contribution < -0.4 is 5.32 Å². The van der Waals surface area contributed by atoms with Gasteiger partial charge in [0, 0.05) is 34.4 Å². The molecule has 2 aliphatic heterocycles. The van der Waals surface area contributed by atoms with Gasteiger partial charge in [0.05, 0.1) is 24.4 Å². The van der Waals surface area contributed by atoms with Crippen molar-refractivity contribution in [2.45, 2.75) is 31.8 Å². The number of esters is 1. The molecule has 4 aromatic rings. The van der Waals surface area contributed by atoms with Crippen molar-refractivity contribution in [2.75, 3.05) is 12.4 Å². The molecule has 5 heteroatoms. The third-order valence-corrected chi connectivity index (χ3v) is 7.10. The van der Waals surface area contributed by atoms with Gasteiger partial charge in [0.2, 0.25) is 0 Å². The van der Waals surface area contributed by atoms with Crippen molar-refractivity contribution in [3.05, 3.63) is 71.5 Å². The minimum atomic E-state index is -0.400. The van der Waals surface area contributed by atoms with E-state index in [1.807, 2.05) is 12.1 Å². The molecule has 2 atom stereocenters. The van der Waals surface area contributed by atoms with Crippen LogP contribution in [0.4, 0.5) is 5.69 Å². The van der Waals surface area contributed by atoms with Crippen LogP contribution in [0.1, 0.15) is 41.6 Å². The third-order valence-electron chi connectivity index (χ3n) is 7.10. The van der Waals surface area contributed by atoms with Gasteiger partial charge in [-0.25, -0.2) is 9.78 Å². The first-order valence-electron chi connectivity index (χ1n) is 10.4. The number of rotatable bonds is 1. The molecule has 5 nitrogen and oxygen atoms in total. The molecule has 150 valence electrons. The minimum absolute atomic E-state index is 0.0267. The van der Waals surface area contributed by atoms with Crippen LogP contribution in [0.2, 0.25) is 0 Å². The van der Waals surface area contributed by atoms with E-state index >= 15 is 0 Å². The molecule has 0 spiro atoms. The fourth-order valence-corrected chi connectivity index (χ4v) is 5.56. The largest absolute Gasteiger partial charge is 0.464 e. The summed E-state index contributed by atoms with van der Waals surface area (Å²) in [5, 5.41) is 5.97. The molecular formula is C25H23N3O2. The van der Waals surface area contributed by atoms with Crippen LogP contribution in [-0.4, -0.2) is 22.6 Å². The van der Waals surface area contributed by atoms with Crippen LogP contribution in [0.15, 0.2) is 54.6 Å². The van der Waals surface area contributed by atoms with Crippen LogP contribution in [0.3, 0.4) is 0 Å². The first-order chi connectivity index (χ1) is 14.5. The van der Waals surface area contributed by atoms with Gasteiger partial charge < -0.3 is 14.6 Å². The zero-order valence-electron chi connectivity index (χ0n) is 17.3. The Morgan fingerprint density at radius 3 is 2.73 bits per heavy atom. The molecule has 30 heavy (non-hydrogen) atoms. The number of pyridine rings is 1. The fraction of sp³-hybridized carbons (Fsp3) is 0.280. The summed E-state index contributed by atoms with van der Waals surface area (Å²) in [5.41, 5.74) is 6.02. The Kier molecular flexibility index (Phi) is 3.41. The Morgan fingerprint density at radius 1 is 1.13 bits per heavy atom. The maximum Gasteiger partial charge on any atom is 0.356 e. The van der Waals surface area contributed by atoms with Gasteiger partial charge in [-0.15, -0.1) is 0 Å². The molecule has 0 fully saturated rings. The van der Waals surface area contributed by atoms with Gasteiger partial charge >= 0.3 is 5.97 Å². The molecule has 2 aromatic heterocycles. The first kappa shape index (κ1) is 17.5. The summed E-state index contributed by atoms with van der Waals surface area (Å²) in [5.74, 6) is -0.109. The molecule has 0 amide bonds. The maximum absolute atomic E-state index is 12.5. The highest BCUT2D eigenvalue weighted by atomic mass is 16.5. The Balaban J connectivity index is 1.70. The summed E-state index contributed by atoms with van der Waals surface area (Å²) in [4.78, 5) is 17.3. The smallest absolute Gasteiger partial charge is 0.356 e. The number of nitrogens with one attached hydrogen (secondary N) is 1. The van der Waals surface area contributed by atoms with Crippen molar-refractivity contribution in [3.63, 3.8) is 0 Å². The number of methoxy groups -OCH3 is 1. The Labute approximate surface area is 174 Å². The molecule has 0 radical (unpaired) electrons. The normalized spacial score (nSPS) is 21.0. The van der Waals surface area contributed by atoms with E-state index in [1.165, 1.54) is 18.2 Å². The lowest BCUT2D eigenvalue weighted by Gasteiger charge is -2.48. The molecule has 6 rings (SSSR count). The van der Waals surface area contributed by atoms with E-state index in [-0.39, 0.29) is 11.5 Å². The van der Waals surface area contributed by atoms with Gasteiger partial charge in [-0.2, -0.15) is 0 Å². The number of hydrogen-bond acceptors (Lipinski definition) is 4. The molecule has 2 aliphatic rings. The number of anilines is 1. The number of carbonyl (C=O) groups excluding carboxylic acids is 1. The van der Waals surface area contributed by atoms with Crippen LogP contribution in [0.25, 0.3) is 21.8 Å². The molecule has 4 heterocycles. The van der Waals surface area contributed by atoms with E-state index in [9.17, 15) is 4.79 Å². The molecule has 2 unspecified atom stereocenters. The van der Waals surface area contributed by atoms with E-state index < -0.39 is 5.97 Å². The van der Waals surface area contributed by atoms with Crippen molar-refractivity contribution in [1.82, 2.24) is 9.55 Å². The highest BCUT2D eigenvalue weighted by Gasteiger charge is 2.47. The number of ether oxygens (including phenoxy) is 1. The number of fused-ring (bicyclic) bond motifs is 6. The molecule has 0 saturated heterocycles. The Morgan fingerprint density at radius 2 is 1.90 bits per heavy atom. The maximum atomic E-state index is 12.5. The molecular weight excluding hydrogens is 374 g/mol. The van der Waals surface area contributed by atoms with E-state index in [0.29, 0.717) is 11.6 Å². The second kappa shape index (κ2) is 5.85. The summed E-state index contributed by atoms with van der Waals surface area (Å²) in [7, 11) is 1.41. The van der Waals surface area contributed by atoms with E-state index in [4.69, 9.17) is 9.72 Å². The average Bonchev–Trinajstić information content (AvgIpc) is 3.09. The lowest BCUT2D eigenvalue weighted by Crippen LogP contribution is -2.45. The third kappa shape index (κ3) is 2.12. The van der Waals surface area contributed by atoms with Crippen molar-refractivity contribution >= 4 is 33.5 Å². The molecule has 0 aliphatic carbocycles. The SMILES string of the molecule is COC(=O)c1cc2c3ccccc3n3c2c(n1)C1Nc2ccccc2C(C)(C)C1C3. The van der Waals surface area contributed by atoms with Gasteiger partial charge in [-0.05, 0) is 29.2 Å². The minimum Gasteiger partial charge on any atom is -0.464 e. The summed E-state index contributed by atoms with van der Waals surface area (Å²) < 4.78 is 7.42. The number of hydrogen-bond donors (Lipinski definition) is 1. The fourth-order valence-electron chi connectivity index (χ4n) is 5.56. The zero-order chi connectivity index (χ0) is 20.6. The number of benzene rings is 2. The Hall–Kier alpha value is -3.34. The summed E-state index contributed by atoms with van der Waals surface area (Å²) in [6, 6.07) is 18.8. The topological polar surface area (TPSA) is 56.2 Å². The van der Waals surface area contributed by atoms with Gasteiger partial charge in [0.15, 0.2) is 0 Å². The number of carbonyl (C=O) groups is 1. The number of aromatic nitrogens is 2. The highest BCUT2D eigenvalue weighted by Crippen LogP contribution is 2.52. The van der Waals surface area contributed by atoms with Crippen molar-refractivity contribution in [2.24, 2.45) is 5.92 Å². The van der Waals surface area contributed by atoms with Gasteiger partial charge in [0.1, 0.15) is 5.69 Å². The molecule has 1 N–H and O–H groups in total. The monoisotopic (exact) mass is 397 g/mol. The van der Waals surface area contributed by atoms with Crippen LogP contribution in [-0.2, 0) is 16.7 Å². The first-order valence-corrected chi connectivity index (χ1v) is 10.4.